The number of anilines is 2. The number of piperazine rings is 1. The molecule has 7 heteroatoms. The molecular formula is C19H22ClFN3O2+. The van der Waals surface area contributed by atoms with E-state index in [9.17, 15) is 14.3 Å². The number of nitrogens with zero attached hydrogens (tertiary/aromatic N) is 1. The fourth-order valence-corrected chi connectivity index (χ4v) is 3.34. The quantitative estimate of drug-likeness (QED) is 0.762. The summed E-state index contributed by atoms with van der Waals surface area (Å²) in [5.74, 6) is -0.362. The minimum absolute atomic E-state index is 0.00897. The zero-order chi connectivity index (χ0) is 18.7. The van der Waals surface area contributed by atoms with Gasteiger partial charge >= 0.3 is 0 Å². The number of amides is 1. The third-order valence-corrected chi connectivity index (χ3v) is 5.10. The summed E-state index contributed by atoms with van der Waals surface area (Å²) in [5, 5.41) is 12.2. The number of benzene rings is 2. The van der Waals surface area contributed by atoms with Gasteiger partial charge in [-0.2, -0.15) is 0 Å². The van der Waals surface area contributed by atoms with Crippen LogP contribution in [0.4, 0.5) is 15.8 Å². The topological polar surface area (TPSA) is 57.0 Å². The van der Waals surface area contributed by atoms with Gasteiger partial charge in [0, 0.05) is 11.4 Å². The van der Waals surface area contributed by atoms with Crippen LogP contribution < -0.4 is 15.1 Å². The minimum Gasteiger partial charge on any atom is -0.508 e. The lowest BCUT2D eigenvalue weighted by molar-refractivity contribution is -0.914. The predicted octanol–water partition coefficient (Wildman–Crippen LogP) is 1.92. The van der Waals surface area contributed by atoms with Gasteiger partial charge in [0.15, 0.2) is 6.04 Å². The molecule has 1 heterocycles. The summed E-state index contributed by atoms with van der Waals surface area (Å²) in [4.78, 5) is 15.9. The number of nitrogens with one attached hydrogen (secondary N) is 2. The number of phenols is 1. The number of rotatable bonds is 4. The molecule has 1 saturated heterocycles. The molecule has 0 radical (unpaired) electrons. The molecule has 0 unspecified atom stereocenters. The molecule has 1 aliphatic heterocycles. The molecule has 0 aliphatic carbocycles. The average Bonchev–Trinajstić information content (AvgIpc) is 2.65. The molecule has 0 bridgehead atoms. The van der Waals surface area contributed by atoms with Crippen molar-refractivity contribution in [3.05, 3.63) is 53.3 Å². The number of hydrogen-bond donors (Lipinski definition) is 3. The standard InChI is InChI=1S/C19H21ClFN3O2/c1-13(19(26)22-14-2-7-18(21)17(20)12-14)23-8-10-24(11-9-23)15-3-5-16(25)6-4-15/h2-7,12-13,25H,8-11H2,1H3,(H,22,26)/p+1/t13-/m1/s1. The van der Waals surface area contributed by atoms with Crippen molar-refractivity contribution in [3.8, 4) is 5.75 Å². The highest BCUT2D eigenvalue weighted by Crippen LogP contribution is 2.20. The Hall–Kier alpha value is -2.31. The van der Waals surface area contributed by atoms with Crippen LogP contribution in [0.3, 0.4) is 0 Å². The predicted molar refractivity (Wildman–Crippen MR) is 101 cm³/mol. The second kappa shape index (κ2) is 7.93. The molecule has 1 atom stereocenters. The van der Waals surface area contributed by atoms with Crippen LogP contribution in [0.5, 0.6) is 5.75 Å². The van der Waals surface area contributed by atoms with Gasteiger partial charge in [-0.1, -0.05) is 11.6 Å². The van der Waals surface area contributed by atoms with Crippen molar-refractivity contribution in [1.29, 1.82) is 0 Å². The molecule has 5 nitrogen and oxygen atoms in total. The zero-order valence-electron chi connectivity index (χ0n) is 14.5. The van der Waals surface area contributed by atoms with Gasteiger partial charge in [0.1, 0.15) is 11.6 Å². The fraction of sp³-hybridized carbons (Fsp3) is 0.316. The maximum Gasteiger partial charge on any atom is 0.282 e. The van der Waals surface area contributed by atoms with E-state index in [1.165, 1.54) is 23.1 Å². The summed E-state index contributed by atoms with van der Waals surface area (Å²) in [7, 11) is 0. The first-order chi connectivity index (χ1) is 12.4. The van der Waals surface area contributed by atoms with Gasteiger partial charge in [0.05, 0.1) is 31.2 Å². The lowest BCUT2D eigenvalue weighted by atomic mass is 10.2. The average molecular weight is 379 g/mol. The van der Waals surface area contributed by atoms with Gasteiger partial charge in [0.2, 0.25) is 0 Å². The molecule has 3 rings (SSSR count). The monoisotopic (exact) mass is 378 g/mol. The Kier molecular flexibility index (Phi) is 5.64. The molecule has 2 aromatic rings. The highest BCUT2D eigenvalue weighted by molar-refractivity contribution is 6.31. The van der Waals surface area contributed by atoms with E-state index in [0.717, 1.165) is 31.9 Å². The molecule has 0 spiro atoms. The Morgan fingerprint density at radius 3 is 2.50 bits per heavy atom. The van der Waals surface area contributed by atoms with Crippen molar-refractivity contribution in [2.45, 2.75) is 13.0 Å². The van der Waals surface area contributed by atoms with Crippen LogP contribution in [-0.2, 0) is 4.79 Å². The molecule has 3 N–H and O–H groups in total. The Morgan fingerprint density at radius 2 is 1.88 bits per heavy atom. The smallest absolute Gasteiger partial charge is 0.282 e. The van der Waals surface area contributed by atoms with Gasteiger partial charge in [-0.25, -0.2) is 4.39 Å². The first-order valence-corrected chi connectivity index (χ1v) is 8.96. The molecule has 0 aromatic heterocycles. The second-order valence-corrected chi connectivity index (χ2v) is 6.91. The number of quaternary nitrogens is 1. The Bertz CT molecular complexity index is 777. The largest absolute Gasteiger partial charge is 0.508 e. The number of carbonyl (C=O) groups excluding carboxylic acids is 1. The SMILES string of the molecule is C[C@H](C(=O)Nc1ccc(F)c(Cl)c1)[NH+]1CCN(c2ccc(O)cc2)CC1. The Labute approximate surface area is 157 Å². The summed E-state index contributed by atoms with van der Waals surface area (Å²) in [6.45, 7) is 5.23. The molecule has 1 fully saturated rings. The highest BCUT2D eigenvalue weighted by atomic mass is 35.5. The third-order valence-electron chi connectivity index (χ3n) is 4.81. The van der Waals surface area contributed by atoms with Gasteiger partial charge in [-0.3, -0.25) is 4.79 Å². The van der Waals surface area contributed by atoms with Crippen LogP contribution in [0.15, 0.2) is 42.5 Å². The van der Waals surface area contributed by atoms with Gasteiger partial charge in [0.25, 0.3) is 5.91 Å². The van der Waals surface area contributed by atoms with Crippen LogP contribution in [0.1, 0.15) is 6.92 Å². The van der Waals surface area contributed by atoms with E-state index >= 15 is 0 Å². The molecule has 2 aromatic carbocycles. The molecule has 138 valence electrons. The first-order valence-electron chi connectivity index (χ1n) is 8.58. The number of carbonyl (C=O) groups is 1. The van der Waals surface area contributed by atoms with Gasteiger partial charge < -0.3 is 20.2 Å². The number of phenolic OH excluding ortho intramolecular Hbond substituents is 1. The van der Waals surface area contributed by atoms with Crippen molar-refractivity contribution < 1.29 is 19.2 Å². The van der Waals surface area contributed by atoms with Gasteiger partial charge in [-0.15, -0.1) is 0 Å². The molecule has 26 heavy (non-hydrogen) atoms. The zero-order valence-corrected chi connectivity index (χ0v) is 15.3. The van der Waals surface area contributed by atoms with Crippen LogP contribution in [0, 0.1) is 5.82 Å². The normalized spacial score (nSPS) is 16.3. The lowest BCUT2D eigenvalue weighted by Gasteiger charge is -2.36. The second-order valence-electron chi connectivity index (χ2n) is 6.50. The van der Waals surface area contributed by atoms with E-state index in [2.05, 4.69) is 10.2 Å². The first kappa shape index (κ1) is 18.5. The summed E-state index contributed by atoms with van der Waals surface area (Å²) in [6, 6.07) is 11.1. The van der Waals surface area contributed by atoms with Crippen LogP contribution in [0.25, 0.3) is 0 Å². The van der Waals surface area contributed by atoms with Crippen molar-refractivity contribution in [2.75, 3.05) is 36.4 Å². The van der Waals surface area contributed by atoms with E-state index in [-0.39, 0.29) is 22.7 Å². The summed E-state index contributed by atoms with van der Waals surface area (Å²) >= 11 is 5.76. The molecule has 1 aliphatic rings. The number of halogens is 2. The van der Waals surface area contributed by atoms with Crippen LogP contribution in [-0.4, -0.2) is 43.2 Å². The maximum absolute atomic E-state index is 13.2. The Balaban J connectivity index is 1.55. The van der Waals surface area contributed by atoms with Crippen molar-refractivity contribution in [3.63, 3.8) is 0 Å². The molecule has 0 saturated carbocycles. The highest BCUT2D eigenvalue weighted by Gasteiger charge is 2.29. The summed E-state index contributed by atoms with van der Waals surface area (Å²) in [5.41, 5.74) is 1.57. The Morgan fingerprint density at radius 1 is 1.23 bits per heavy atom. The fourth-order valence-electron chi connectivity index (χ4n) is 3.16. The third kappa shape index (κ3) is 4.26. The minimum atomic E-state index is -0.506. The summed E-state index contributed by atoms with van der Waals surface area (Å²) < 4.78 is 13.2. The van der Waals surface area contributed by atoms with E-state index in [1.54, 1.807) is 12.1 Å². The maximum atomic E-state index is 13.2. The van der Waals surface area contributed by atoms with E-state index in [1.807, 2.05) is 19.1 Å². The van der Waals surface area contributed by atoms with Crippen LogP contribution >= 0.6 is 11.6 Å². The number of hydrogen-bond acceptors (Lipinski definition) is 3. The van der Waals surface area contributed by atoms with Crippen molar-refractivity contribution in [1.82, 2.24) is 0 Å². The van der Waals surface area contributed by atoms with Crippen LogP contribution in [0.2, 0.25) is 5.02 Å². The molecule has 1 amide bonds. The summed E-state index contributed by atoms with van der Waals surface area (Å²) in [6.07, 6.45) is 0. The number of aromatic hydroxyl groups is 1. The van der Waals surface area contributed by atoms with Crippen molar-refractivity contribution in [2.24, 2.45) is 0 Å². The van der Waals surface area contributed by atoms with E-state index in [0.29, 0.717) is 5.69 Å². The van der Waals surface area contributed by atoms with Gasteiger partial charge in [-0.05, 0) is 49.4 Å². The van der Waals surface area contributed by atoms with E-state index in [4.69, 9.17) is 11.6 Å². The van der Waals surface area contributed by atoms with E-state index < -0.39 is 5.82 Å². The lowest BCUT2D eigenvalue weighted by Crippen LogP contribution is -3.19. The molecular weight excluding hydrogens is 357 g/mol. The van der Waals surface area contributed by atoms with Crippen molar-refractivity contribution >= 4 is 28.9 Å².